The highest BCUT2D eigenvalue weighted by Gasteiger charge is 2.42. The van der Waals surface area contributed by atoms with Crippen LogP contribution in [0.5, 0.6) is 0 Å². The number of aromatic nitrogens is 2. The van der Waals surface area contributed by atoms with Gasteiger partial charge in [0, 0.05) is 31.7 Å². The van der Waals surface area contributed by atoms with E-state index in [-0.39, 0.29) is 23.7 Å². The summed E-state index contributed by atoms with van der Waals surface area (Å²) in [6.07, 6.45) is 6.63. The lowest BCUT2D eigenvalue weighted by Gasteiger charge is -2.38. The van der Waals surface area contributed by atoms with Crippen molar-refractivity contribution in [2.75, 3.05) is 24.5 Å². The first-order valence-electron chi connectivity index (χ1n) is 10.2. The summed E-state index contributed by atoms with van der Waals surface area (Å²) in [5.74, 6) is 0.0721. The van der Waals surface area contributed by atoms with Crippen molar-refractivity contribution in [3.8, 4) is 0 Å². The lowest BCUT2D eigenvalue weighted by atomic mass is 9.96. The van der Waals surface area contributed by atoms with Crippen molar-refractivity contribution >= 4 is 33.1 Å². The molecule has 150 valence electrons. The van der Waals surface area contributed by atoms with E-state index in [9.17, 15) is 9.18 Å². The van der Waals surface area contributed by atoms with Gasteiger partial charge in [0.2, 0.25) is 5.91 Å². The average molecular weight is 411 g/mol. The zero-order valence-corrected chi connectivity index (χ0v) is 16.9. The summed E-state index contributed by atoms with van der Waals surface area (Å²) in [5, 5.41) is 0. The van der Waals surface area contributed by atoms with Crippen LogP contribution in [-0.2, 0) is 11.2 Å². The number of piperazine rings is 1. The minimum atomic E-state index is -0.293. The Morgan fingerprint density at radius 2 is 2.17 bits per heavy atom. The summed E-state index contributed by atoms with van der Waals surface area (Å²) in [5.41, 5.74) is 4.87. The summed E-state index contributed by atoms with van der Waals surface area (Å²) in [4.78, 5) is 25.2. The summed E-state index contributed by atoms with van der Waals surface area (Å²) in [6.45, 7) is 2.04. The Labute approximate surface area is 173 Å². The number of fused-ring (bicyclic) bond motifs is 2. The van der Waals surface area contributed by atoms with Crippen LogP contribution < -0.4 is 4.90 Å². The van der Waals surface area contributed by atoms with E-state index in [4.69, 9.17) is 0 Å². The Hall–Kier alpha value is -2.54. The normalized spacial score (nSPS) is 21.8. The van der Waals surface area contributed by atoms with Gasteiger partial charge in [0.25, 0.3) is 0 Å². The third-order valence-electron chi connectivity index (χ3n) is 6.20. The fourth-order valence-corrected chi connectivity index (χ4v) is 5.61. The number of halogens is 1. The van der Waals surface area contributed by atoms with Gasteiger partial charge in [0.05, 0.1) is 33.7 Å². The van der Waals surface area contributed by atoms with E-state index in [0.717, 1.165) is 31.2 Å². The SMILES string of the molecule is O=C1[C@@H](CCCc2cccc3ncsc23)C[C@H]2CN(c3ccncc3F)CCN12. The highest BCUT2D eigenvalue weighted by Crippen LogP contribution is 2.33. The molecule has 0 bridgehead atoms. The predicted octanol–water partition coefficient (Wildman–Crippen LogP) is 3.89. The zero-order valence-electron chi connectivity index (χ0n) is 16.1. The number of aryl methyl sites for hydroxylation is 1. The Bertz CT molecular complexity index is 1040. The van der Waals surface area contributed by atoms with Crippen LogP contribution in [0.4, 0.5) is 10.1 Å². The largest absolute Gasteiger partial charge is 0.365 e. The Morgan fingerprint density at radius 3 is 3.07 bits per heavy atom. The molecule has 0 N–H and O–H groups in total. The topological polar surface area (TPSA) is 49.3 Å². The summed E-state index contributed by atoms with van der Waals surface area (Å²) >= 11 is 1.69. The highest BCUT2D eigenvalue weighted by atomic mass is 32.1. The maximum Gasteiger partial charge on any atom is 0.226 e. The first kappa shape index (κ1) is 18.5. The monoisotopic (exact) mass is 410 g/mol. The Kier molecular flexibility index (Phi) is 4.91. The average Bonchev–Trinajstić information content (AvgIpc) is 3.33. The molecular weight excluding hydrogens is 387 g/mol. The summed E-state index contributed by atoms with van der Waals surface area (Å²) < 4.78 is 15.4. The number of nitrogens with zero attached hydrogens (tertiary/aromatic N) is 4. The second-order valence-electron chi connectivity index (χ2n) is 7.90. The molecule has 0 unspecified atom stereocenters. The van der Waals surface area contributed by atoms with E-state index in [1.807, 2.05) is 16.5 Å². The van der Waals surface area contributed by atoms with Gasteiger partial charge in [-0.25, -0.2) is 9.37 Å². The van der Waals surface area contributed by atoms with Crippen molar-refractivity contribution in [1.82, 2.24) is 14.9 Å². The van der Waals surface area contributed by atoms with E-state index < -0.39 is 0 Å². The highest BCUT2D eigenvalue weighted by molar-refractivity contribution is 7.16. The van der Waals surface area contributed by atoms with Gasteiger partial charge in [0.1, 0.15) is 0 Å². The number of carbonyl (C=O) groups excluding carboxylic acids is 1. The van der Waals surface area contributed by atoms with E-state index in [1.165, 1.54) is 16.5 Å². The molecule has 7 heteroatoms. The van der Waals surface area contributed by atoms with Crippen molar-refractivity contribution in [3.05, 3.63) is 53.6 Å². The van der Waals surface area contributed by atoms with Crippen molar-refractivity contribution < 1.29 is 9.18 Å². The number of thiazole rings is 1. The van der Waals surface area contributed by atoms with Gasteiger partial charge in [-0.3, -0.25) is 9.78 Å². The molecule has 2 fully saturated rings. The standard InChI is InChI=1S/C22H23FN4OS/c23-18-12-24-8-7-20(18)26-9-10-27-17(13-26)11-16(22(27)28)5-1-3-15-4-2-6-19-21(15)29-14-25-19/h2,4,6-8,12,14,16-17H,1,3,5,9-11,13H2/t16-,17-/m0/s1. The third kappa shape index (κ3) is 3.48. The molecule has 0 aliphatic carbocycles. The number of anilines is 1. The molecule has 2 aromatic heterocycles. The van der Waals surface area contributed by atoms with Crippen LogP contribution in [0.25, 0.3) is 10.2 Å². The summed E-state index contributed by atoms with van der Waals surface area (Å²) in [7, 11) is 0. The molecule has 5 nitrogen and oxygen atoms in total. The first-order chi connectivity index (χ1) is 14.2. The van der Waals surface area contributed by atoms with Crippen LogP contribution in [0.1, 0.15) is 24.8 Å². The number of hydrogen-bond donors (Lipinski definition) is 0. The van der Waals surface area contributed by atoms with Crippen molar-refractivity contribution in [1.29, 1.82) is 0 Å². The minimum Gasteiger partial charge on any atom is -0.365 e. The molecule has 0 radical (unpaired) electrons. The number of amides is 1. The lowest BCUT2D eigenvalue weighted by molar-refractivity contribution is -0.132. The van der Waals surface area contributed by atoms with Crippen LogP contribution >= 0.6 is 11.3 Å². The van der Waals surface area contributed by atoms with E-state index >= 15 is 0 Å². The van der Waals surface area contributed by atoms with Gasteiger partial charge in [-0.1, -0.05) is 12.1 Å². The van der Waals surface area contributed by atoms with Crippen LogP contribution in [0, 0.1) is 11.7 Å². The lowest BCUT2D eigenvalue weighted by Crippen LogP contribution is -2.51. The molecule has 2 saturated heterocycles. The fourth-order valence-electron chi connectivity index (χ4n) is 4.78. The number of pyridine rings is 1. The number of hydrogen-bond acceptors (Lipinski definition) is 5. The number of rotatable bonds is 5. The van der Waals surface area contributed by atoms with Crippen LogP contribution in [0.3, 0.4) is 0 Å². The predicted molar refractivity (Wildman–Crippen MR) is 113 cm³/mol. The zero-order chi connectivity index (χ0) is 19.8. The Morgan fingerprint density at radius 1 is 1.24 bits per heavy atom. The van der Waals surface area contributed by atoms with Crippen molar-refractivity contribution in [2.45, 2.75) is 31.7 Å². The molecule has 1 aromatic carbocycles. The molecule has 2 atom stereocenters. The van der Waals surface area contributed by atoms with E-state index in [0.29, 0.717) is 25.3 Å². The van der Waals surface area contributed by atoms with Crippen molar-refractivity contribution in [2.24, 2.45) is 5.92 Å². The number of carbonyl (C=O) groups is 1. The van der Waals surface area contributed by atoms with Crippen LogP contribution in [-0.4, -0.2) is 46.5 Å². The van der Waals surface area contributed by atoms with E-state index in [1.54, 1.807) is 23.6 Å². The molecule has 4 heterocycles. The molecular formula is C22H23FN4OS. The molecule has 5 rings (SSSR count). The van der Waals surface area contributed by atoms with Gasteiger partial charge < -0.3 is 9.80 Å². The molecule has 2 aliphatic heterocycles. The van der Waals surface area contributed by atoms with Crippen LogP contribution in [0.2, 0.25) is 0 Å². The van der Waals surface area contributed by atoms with Gasteiger partial charge in [-0.15, -0.1) is 11.3 Å². The fraction of sp³-hybridized carbons (Fsp3) is 0.409. The smallest absolute Gasteiger partial charge is 0.226 e. The van der Waals surface area contributed by atoms with Gasteiger partial charge in [-0.2, -0.15) is 0 Å². The second kappa shape index (κ2) is 7.71. The Balaban J connectivity index is 1.21. The second-order valence-corrected chi connectivity index (χ2v) is 8.76. The van der Waals surface area contributed by atoms with Crippen LogP contribution in [0.15, 0.2) is 42.2 Å². The van der Waals surface area contributed by atoms with Crippen molar-refractivity contribution in [3.63, 3.8) is 0 Å². The molecule has 0 spiro atoms. The molecule has 0 saturated carbocycles. The van der Waals surface area contributed by atoms with Gasteiger partial charge >= 0.3 is 0 Å². The third-order valence-corrected chi connectivity index (χ3v) is 7.12. The minimum absolute atomic E-state index is 0.0860. The van der Waals surface area contributed by atoms with Gasteiger partial charge in [-0.05, 0) is 43.4 Å². The van der Waals surface area contributed by atoms with Gasteiger partial charge in [0.15, 0.2) is 5.82 Å². The molecule has 3 aromatic rings. The maximum absolute atomic E-state index is 14.1. The molecule has 1 amide bonds. The molecule has 2 aliphatic rings. The maximum atomic E-state index is 14.1. The molecule has 29 heavy (non-hydrogen) atoms. The summed E-state index contributed by atoms with van der Waals surface area (Å²) in [6, 6.07) is 8.18. The quantitative estimate of drug-likeness (QED) is 0.640. The van der Waals surface area contributed by atoms with E-state index in [2.05, 4.69) is 27.0 Å². The first-order valence-corrected chi connectivity index (χ1v) is 11.0. The number of benzene rings is 1.